The minimum absolute atomic E-state index is 0.167. The van der Waals surface area contributed by atoms with Gasteiger partial charge in [-0.2, -0.15) is 0 Å². The van der Waals surface area contributed by atoms with Crippen LogP contribution in [-0.4, -0.2) is 18.6 Å². The van der Waals surface area contributed by atoms with Gasteiger partial charge >= 0.3 is 5.97 Å². The lowest BCUT2D eigenvalue weighted by Crippen LogP contribution is -2.29. The summed E-state index contributed by atoms with van der Waals surface area (Å²) in [5.41, 5.74) is 8.05. The van der Waals surface area contributed by atoms with Gasteiger partial charge in [-0.1, -0.05) is 45.0 Å². The Labute approximate surface area is 109 Å². The van der Waals surface area contributed by atoms with Crippen LogP contribution in [0.25, 0.3) is 0 Å². The van der Waals surface area contributed by atoms with E-state index in [9.17, 15) is 4.79 Å². The summed E-state index contributed by atoms with van der Waals surface area (Å²) < 4.78 is 5.04. The van der Waals surface area contributed by atoms with Gasteiger partial charge in [0.05, 0.1) is 6.61 Å². The molecule has 1 rings (SSSR count). The van der Waals surface area contributed by atoms with Crippen molar-refractivity contribution >= 4 is 5.97 Å². The minimum atomic E-state index is -0.548. The van der Waals surface area contributed by atoms with Crippen molar-refractivity contribution in [2.75, 3.05) is 6.61 Å². The zero-order valence-corrected chi connectivity index (χ0v) is 11.7. The smallest absolute Gasteiger partial charge is 0.322 e. The third-order valence-corrected chi connectivity index (χ3v) is 2.83. The Morgan fingerprint density at radius 2 is 1.83 bits per heavy atom. The molecule has 1 atom stereocenters. The van der Waals surface area contributed by atoms with Gasteiger partial charge in [0, 0.05) is 6.42 Å². The average Bonchev–Trinajstić information content (AvgIpc) is 2.28. The van der Waals surface area contributed by atoms with Crippen LogP contribution in [0.3, 0.4) is 0 Å². The summed E-state index contributed by atoms with van der Waals surface area (Å²) >= 11 is 0. The van der Waals surface area contributed by atoms with E-state index in [1.54, 1.807) is 6.92 Å². The fraction of sp³-hybridized carbons (Fsp3) is 0.533. The molecule has 0 saturated carbocycles. The summed E-state index contributed by atoms with van der Waals surface area (Å²) in [6.07, 6.45) is 0.725. The summed E-state index contributed by atoms with van der Waals surface area (Å²) in [4.78, 5) is 11.2. The lowest BCUT2D eigenvalue weighted by Gasteiger charge is -2.19. The monoisotopic (exact) mass is 249 g/mol. The third-order valence-electron chi connectivity index (χ3n) is 2.83. The highest BCUT2D eigenvalue weighted by molar-refractivity contribution is 5.74. The molecule has 0 aliphatic rings. The number of ether oxygens (including phenoxy) is 1. The summed E-state index contributed by atoms with van der Waals surface area (Å²) in [6.45, 7) is 8.57. The van der Waals surface area contributed by atoms with E-state index in [-0.39, 0.29) is 11.4 Å². The Balaban J connectivity index is 2.47. The lowest BCUT2D eigenvalue weighted by molar-refractivity contribution is -0.144. The van der Waals surface area contributed by atoms with Crippen LogP contribution in [0.1, 0.15) is 38.8 Å². The third kappa shape index (κ3) is 4.49. The van der Waals surface area contributed by atoms with Crippen molar-refractivity contribution in [2.45, 2.75) is 45.6 Å². The van der Waals surface area contributed by atoms with Crippen molar-refractivity contribution < 1.29 is 9.53 Å². The fourth-order valence-corrected chi connectivity index (χ4v) is 1.57. The van der Waals surface area contributed by atoms with Crippen LogP contribution >= 0.6 is 0 Å². The van der Waals surface area contributed by atoms with E-state index in [4.69, 9.17) is 10.5 Å². The van der Waals surface area contributed by atoms with E-state index < -0.39 is 6.04 Å². The van der Waals surface area contributed by atoms with Crippen molar-refractivity contribution in [3.05, 3.63) is 35.4 Å². The van der Waals surface area contributed by atoms with E-state index in [0.29, 0.717) is 6.61 Å². The molecule has 2 N–H and O–H groups in total. The Morgan fingerprint density at radius 3 is 2.28 bits per heavy atom. The van der Waals surface area contributed by atoms with Crippen molar-refractivity contribution in [3.8, 4) is 0 Å². The maximum absolute atomic E-state index is 11.2. The fourth-order valence-electron chi connectivity index (χ4n) is 1.57. The standard InChI is InChI=1S/C15H23NO2/c1-11(16)14(17)18-10-9-12-5-7-13(8-6-12)15(2,3)4/h5-8,11H,9-10,16H2,1-4H3. The lowest BCUT2D eigenvalue weighted by atomic mass is 9.86. The van der Waals surface area contributed by atoms with Gasteiger partial charge in [0.15, 0.2) is 0 Å². The Kier molecular flexibility index (Phi) is 4.91. The highest BCUT2D eigenvalue weighted by Gasteiger charge is 2.13. The summed E-state index contributed by atoms with van der Waals surface area (Å²) in [7, 11) is 0. The Hall–Kier alpha value is -1.35. The molecule has 3 nitrogen and oxygen atoms in total. The Bertz CT molecular complexity index is 388. The van der Waals surface area contributed by atoms with Gasteiger partial charge in [0.1, 0.15) is 6.04 Å². The molecule has 0 aliphatic heterocycles. The zero-order chi connectivity index (χ0) is 13.8. The van der Waals surface area contributed by atoms with Crippen LogP contribution < -0.4 is 5.73 Å². The van der Waals surface area contributed by atoms with E-state index in [0.717, 1.165) is 6.42 Å². The molecule has 3 heteroatoms. The van der Waals surface area contributed by atoms with Crippen LogP contribution in [0.4, 0.5) is 0 Å². The van der Waals surface area contributed by atoms with Gasteiger partial charge < -0.3 is 10.5 Å². The number of hydrogen-bond acceptors (Lipinski definition) is 3. The molecule has 1 aromatic carbocycles. The molecule has 0 heterocycles. The average molecular weight is 249 g/mol. The number of carbonyl (C=O) groups excluding carboxylic acids is 1. The summed E-state index contributed by atoms with van der Waals surface area (Å²) in [5, 5.41) is 0. The zero-order valence-electron chi connectivity index (χ0n) is 11.7. The molecule has 0 aromatic heterocycles. The van der Waals surface area contributed by atoms with Crippen LogP contribution in [0.15, 0.2) is 24.3 Å². The van der Waals surface area contributed by atoms with Crippen LogP contribution in [0.2, 0.25) is 0 Å². The number of carbonyl (C=O) groups is 1. The van der Waals surface area contributed by atoms with Crippen molar-refractivity contribution in [3.63, 3.8) is 0 Å². The van der Waals surface area contributed by atoms with Crippen LogP contribution in [-0.2, 0) is 21.4 Å². The topological polar surface area (TPSA) is 52.3 Å². The number of nitrogens with two attached hydrogens (primary N) is 1. The quantitative estimate of drug-likeness (QED) is 0.834. The first kappa shape index (κ1) is 14.7. The molecule has 0 fully saturated rings. The molecular weight excluding hydrogens is 226 g/mol. The van der Waals surface area contributed by atoms with Gasteiger partial charge in [-0.05, 0) is 23.5 Å². The molecule has 0 amide bonds. The molecule has 1 unspecified atom stereocenters. The van der Waals surface area contributed by atoms with Gasteiger partial charge in [-0.25, -0.2) is 0 Å². The molecule has 1 aromatic rings. The van der Waals surface area contributed by atoms with E-state index in [1.807, 2.05) is 0 Å². The Morgan fingerprint density at radius 1 is 1.28 bits per heavy atom. The number of hydrogen-bond donors (Lipinski definition) is 1. The van der Waals surface area contributed by atoms with Crippen LogP contribution in [0, 0.1) is 0 Å². The molecule has 0 spiro atoms. The van der Waals surface area contributed by atoms with Crippen molar-refractivity contribution in [2.24, 2.45) is 5.73 Å². The molecule has 0 radical (unpaired) electrons. The number of rotatable bonds is 4. The molecule has 0 bridgehead atoms. The first-order valence-electron chi connectivity index (χ1n) is 6.32. The van der Waals surface area contributed by atoms with Gasteiger partial charge in [-0.3, -0.25) is 4.79 Å². The SMILES string of the molecule is CC(N)C(=O)OCCc1ccc(C(C)(C)C)cc1. The minimum Gasteiger partial charge on any atom is -0.464 e. The molecule has 0 aliphatic carbocycles. The summed E-state index contributed by atoms with van der Waals surface area (Å²) in [6, 6.07) is 7.87. The first-order valence-corrected chi connectivity index (χ1v) is 6.32. The van der Waals surface area contributed by atoms with E-state index in [2.05, 4.69) is 45.0 Å². The van der Waals surface area contributed by atoms with Crippen molar-refractivity contribution in [1.82, 2.24) is 0 Å². The van der Waals surface area contributed by atoms with E-state index in [1.165, 1.54) is 11.1 Å². The van der Waals surface area contributed by atoms with Gasteiger partial charge in [-0.15, -0.1) is 0 Å². The van der Waals surface area contributed by atoms with E-state index >= 15 is 0 Å². The second-order valence-electron chi connectivity index (χ2n) is 5.65. The van der Waals surface area contributed by atoms with Crippen LogP contribution in [0.5, 0.6) is 0 Å². The second-order valence-corrected chi connectivity index (χ2v) is 5.65. The summed E-state index contributed by atoms with van der Waals surface area (Å²) in [5.74, 6) is -0.346. The maximum Gasteiger partial charge on any atom is 0.322 e. The molecule has 18 heavy (non-hydrogen) atoms. The van der Waals surface area contributed by atoms with Gasteiger partial charge in [0.2, 0.25) is 0 Å². The molecular formula is C15H23NO2. The van der Waals surface area contributed by atoms with Gasteiger partial charge in [0.25, 0.3) is 0 Å². The first-order chi connectivity index (χ1) is 8.30. The van der Waals surface area contributed by atoms with Crippen molar-refractivity contribution in [1.29, 1.82) is 0 Å². The maximum atomic E-state index is 11.2. The number of benzene rings is 1. The highest BCUT2D eigenvalue weighted by atomic mass is 16.5. The molecule has 0 saturated heterocycles. The number of esters is 1. The normalized spacial score (nSPS) is 13.2. The second kappa shape index (κ2) is 6.01. The largest absolute Gasteiger partial charge is 0.464 e. The predicted octanol–water partition coefficient (Wildman–Crippen LogP) is 2.42. The highest BCUT2D eigenvalue weighted by Crippen LogP contribution is 2.22. The molecule has 100 valence electrons. The predicted molar refractivity (Wildman–Crippen MR) is 73.5 cm³/mol.